The van der Waals surface area contributed by atoms with Gasteiger partial charge in [0.25, 0.3) is 0 Å². The van der Waals surface area contributed by atoms with E-state index in [1.807, 2.05) is 29.3 Å². The third-order valence-corrected chi connectivity index (χ3v) is 5.64. The van der Waals surface area contributed by atoms with Gasteiger partial charge in [-0.2, -0.15) is 5.26 Å². The van der Waals surface area contributed by atoms with E-state index in [0.29, 0.717) is 54.9 Å². The summed E-state index contributed by atoms with van der Waals surface area (Å²) in [6.45, 7) is 4.32. The number of amides is 1. The van der Waals surface area contributed by atoms with Gasteiger partial charge in [0, 0.05) is 32.4 Å². The Bertz CT molecular complexity index is 1010. The Morgan fingerprint density at radius 2 is 2.11 bits per heavy atom. The first-order valence-corrected chi connectivity index (χ1v) is 9.91. The number of anilines is 1. The van der Waals surface area contributed by atoms with E-state index >= 15 is 0 Å². The molecule has 0 bridgehead atoms. The van der Waals surface area contributed by atoms with Crippen molar-refractivity contribution in [1.82, 2.24) is 14.9 Å². The van der Waals surface area contributed by atoms with Gasteiger partial charge in [-0.25, -0.2) is 9.97 Å². The summed E-state index contributed by atoms with van der Waals surface area (Å²) in [4.78, 5) is 26.4. The Kier molecular flexibility index (Phi) is 5.08. The maximum Gasteiger partial charge on any atom is 0.236 e. The molecule has 7 nitrogen and oxygen atoms in total. The normalized spacial score (nSPS) is 14.1. The van der Waals surface area contributed by atoms with Gasteiger partial charge >= 0.3 is 0 Å². The standard InChI is InChI=1S/C20H19N5O2S/c1-14-16(23-20(27-14)17-5-3-11-28-17)12-18(26)24-7-9-25(10-8-24)19-15(13-21)4-2-6-22-19/h2-6,11H,7-10,12H2,1H3. The summed E-state index contributed by atoms with van der Waals surface area (Å²) >= 11 is 1.56. The maximum atomic E-state index is 12.7. The number of nitrogens with zero attached hydrogens (tertiary/aromatic N) is 5. The zero-order chi connectivity index (χ0) is 19.5. The van der Waals surface area contributed by atoms with E-state index in [-0.39, 0.29) is 12.3 Å². The first-order chi connectivity index (χ1) is 13.7. The average molecular weight is 393 g/mol. The minimum Gasteiger partial charge on any atom is -0.440 e. The number of thiophene rings is 1. The van der Waals surface area contributed by atoms with Crippen LogP contribution >= 0.6 is 11.3 Å². The molecule has 0 radical (unpaired) electrons. The SMILES string of the molecule is Cc1oc(-c2cccs2)nc1CC(=O)N1CCN(c2ncccc2C#N)CC1. The van der Waals surface area contributed by atoms with Gasteiger partial charge in [0.1, 0.15) is 17.6 Å². The van der Waals surface area contributed by atoms with Gasteiger partial charge in [-0.1, -0.05) is 6.07 Å². The second kappa shape index (κ2) is 7.82. The van der Waals surface area contributed by atoms with Crippen LogP contribution in [0.25, 0.3) is 10.8 Å². The summed E-state index contributed by atoms with van der Waals surface area (Å²) in [6.07, 6.45) is 1.92. The molecule has 142 valence electrons. The van der Waals surface area contributed by atoms with Crippen LogP contribution in [0.3, 0.4) is 0 Å². The second-order valence-corrected chi connectivity index (χ2v) is 7.48. The number of hydrogen-bond donors (Lipinski definition) is 0. The van der Waals surface area contributed by atoms with E-state index in [2.05, 4.69) is 20.9 Å². The van der Waals surface area contributed by atoms with Gasteiger partial charge in [-0.3, -0.25) is 4.79 Å². The van der Waals surface area contributed by atoms with Gasteiger partial charge in [-0.05, 0) is 30.5 Å². The van der Waals surface area contributed by atoms with E-state index in [1.165, 1.54) is 0 Å². The number of rotatable bonds is 4. The summed E-state index contributed by atoms with van der Waals surface area (Å²) in [5.74, 6) is 1.97. The van der Waals surface area contributed by atoms with Gasteiger partial charge in [0.2, 0.25) is 11.8 Å². The number of hydrogen-bond acceptors (Lipinski definition) is 7. The molecule has 0 unspecified atom stereocenters. The summed E-state index contributed by atoms with van der Waals surface area (Å²) in [5.41, 5.74) is 1.24. The lowest BCUT2D eigenvalue weighted by atomic mass is 10.2. The van der Waals surface area contributed by atoms with Gasteiger partial charge < -0.3 is 14.2 Å². The van der Waals surface area contributed by atoms with Crippen LogP contribution in [-0.4, -0.2) is 47.0 Å². The fraction of sp³-hybridized carbons (Fsp3) is 0.300. The number of carbonyl (C=O) groups excluding carboxylic acids is 1. The highest BCUT2D eigenvalue weighted by atomic mass is 32.1. The zero-order valence-electron chi connectivity index (χ0n) is 15.5. The van der Waals surface area contributed by atoms with E-state index < -0.39 is 0 Å². The number of piperazine rings is 1. The lowest BCUT2D eigenvalue weighted by molar-refractivity contribution is -0.130. The first-order valence-electron chi connectivity index (χ1n) is 9.03. The second-order valence-electron chi connectivity index (χ2n) is 6.53. The third-order valence-electron chi connectivity index (χ3n) is 4.78. The fourth-order valence-corrected chi connectivity index (χ4v) is 3.91. The highest BCUT2D eigenvalue weighted by Gasteiger charge is 2.25. The topological polar surface area (TPSA) is 86.3 Å². The summed E-state index contributed by atoms with van der Waals surface area (Å²) < 4.78 is 5.73. The van der Waals surface area contributed by atoms with Crippen molar-refractivity contribution >= 4 is 23.1 Å². The third kappa shape index (κ3) is 3.62. The largest absolute Gasteiger partial charge is 0.440 e. The molecule has 0 aliphatic carbocycles. The zero-order valence-corrected chi connectivity index (χ0v) is 16.3. The Hall–Kier alpha value is -3.18. The van der Waals surface area contributed by atoms with Crippen molar-refractivity contribution in [2.45, 2.75) is 13.3 Å². The fourth-order valence-electron chi connectivity index (χ4n) is 3.26. The molecule has 1 amide bonds. The minimum atomic E-state index is 0.0373. The molecule has 3 aromatic heterocycles. The quantitative estimate of drug-likeness (QED) is 0.677. The van der Waals surface area contributed by atoms with Crippen LogP contribution < -0.4 is 4.90 Å². The molecule has 28 heavy (non-hydrogen) atoms. The molecule has 4 heterocycles. The van der Waals surface area contributed by atoms with Crippen molar-refractivity contribution in [2.75, 3.05) is 31.1 Å². The van der Waals surface area contributed by atoms with Crippen LogP contribution in [0, 0.1) is 18.3 Å². The number of aromatic nitrogens is 2. The molecule has 0 saturated carbocycles. The van der Waals surface area contributed by atoms with Crippen LogP contribution in [0.1, 0.15) is 17.0 Å². The van der Waals surface area contributed by atoms with E-state index in [1.54, 1.807) is 29.7 Å². The van der Waals surface area contributed by atoms with Gasteiger partial charge in [0.05, 0.1) is 22.6 Å². The van der Waals surface area contributed by atoms with Crippen LogP contribution in [0.2, 0.25) is 0 Å². The predicted molar refractivity (Wildman–Crippen MR) is 106 cm³/mol. The van der Waals surface area contributed by atoms with Crippen LogP contribution in [0.5, 0.6) is 0 Å². The Morgan fingerprint density at radius 1 is 1.29 bits per heavy atom. The van der Waals surface area contributed by atoms with Crippen molar-refractivity contribution in [3.05, 3.63) is 52.9 Å². The molecule has 0 N–H and O–H groups in total. The smallest absolute Gasteiger partial charge is 0.236 e. The Balaban J connectivity index is 1.39. The monoisotopic (exact) mass is 393 g/mol. The molecule has 3 aromatic rings. The van der Waals surface area contributed by atoms with E-state index in [4.69, 9.17) is 4.42 Å². The van der Waals surface area contributed by atoms with Crippen molar-refractivity contribution in [2.24, 2.45) is 0 Å². The molecule has 0 spiro atoms. The molecular weight excluding hydrogens is 374 g/mol. The molecular formula is C20H19N5O2S. The summed E-state index contributed by atoms with van der Waals surface area (Å²) in [6, 6.07) is 9.60. The molecule has 0 atom stereocenters. The molecule has 1 aliphatic heterocycles. The molecule has 1 saturated heterocycles. The number of oxazole rings is 1. The molecule has 8 heteroatoms. The highest BCUT2D eigenvalue weighted by Crippen LogP contribution is 2.26. The first kappa shape index (κ1) is 18.2. The minimum absolute atomic E-state index is 0.0373. The summed E-state index contributed by atoms with van der Waals surface area (Å²) in [5, 5.41) is 11.2. The summed E-state index contributed by atoms with van der Waals surface area (Å²) in [7, 11) is 0. The van der Waals surface area contributed by atoms with Crippen LogP contribution in [0.15, 0.2) is 40.3 Å². The van der Waals surface area contributed by atoms with Crippen molar-refractivity contribution < 1.29 is 9.21 Å². The van der Waals surface area contributed by atoms with Crippen molar-refractivity contribution in [3.63, 3.8) is 0 Å². The molecule has 1 aliphatic rings. The number of nitriles is 1. The van der Waals surface area contributed by atoms with Crippen LogP contribution in [0.4, 0.5) is 5.82 Å². The molecule has 1 fully saturated rings. The lowest BCUT2D eigenvalue weighted by Crippen LogP contribution is -2.49. The van der Waals surface area contributed by atoms with E-state index in [0.717, 1.165) is 4.88 Å². The predicted octanol–water partition coefficient (Wildman–Crippen LogP) is 2.87. The average Bonchev–Trinajstić information content (AvgIpc) is 3.38. The lowest BCUT2D eigenvalue weighted by Gasteiger charge is -2.35. The Morgan fingerprint density at radius 3 is 2.82 bits per heavy atom. The van der Waals surface area contributed by atoms with Gasteiger partial charge in [0.15, 0.2) is 0 Å². The molecule has 4 rings (SSSR count). The van der Waals surface area contributed by atoms with Gasteiger partial charge in [-0.15, -0.1) is 11.3 Å². The Labute approximate surface area is 166 Å². The van der Waals surface area contributed by atoms with Crippen molar-refractivity contribution in [3.8, 4) is 16.8 Å². The highest BCUT2D eigenvalue weighted by molar-refractivity contribution is 7.13. The molecule has 0 aromatic carbocycles. The van der Waals surface area contributed by atoms with Crippen molar-refractivity contribution in [1.29, 1.82) is 5.26 Å². The maximum absolute atomic E-state index is 12.7. The number of pyridine rings is 1. The van der Waals surface area contributed by atoms with Crippen LogP contribution in [-0.2, 0) is 11.2 Å². The number of carbonyl (C=O) groups is 1. The number of aryl methyl sites for hydroxylation is 1. The van der Waals surface area contributed by atoms with E-state index in [9.17, 15) is 10.1 Å².